The summed E-state index contributed by atoms with van der Waals surface area (Å²) in [5.74, 6) is -4.12. The van der Waals surface area contributed by atoms with Crippen molar-refractivity contribution in [3.63, 3.8) is 0 Å². The van der Waals surface area contributed by atoms with Gasteiger partial charge in [-0.05, 0) is 49.3 Å². The Morgan fingerprint density at radius 2 is 1.97 bits per heavy atom. The number of rotatable bonds is 4. The van der Waals surface area contributed by atoms with Gasteiger partial charge in [-0.3, -0.25) is 4.79 Å². The maximum Gasteiger partial charge on any atom is 0.343 e. The number of hydrogen-bond acceptors (Lipinski definition) is 8. The van der Waals surface area contributed by atoms with Crippen LogP contribution in [0.25, 0.3) is 0 Å². The Balaban J connectivity index is 1.90. The highest BCUT2D eigenvalue weighted by Crippen LogP contribution is 2.38. The van der Waals surface area contributed by atoms with E-state index in [1.54, 1.807) is 0 Å². The molecule has 0 bridgehead atoms. The van der Waals surface area contributed by atoms with Gasteiger partial charge in [0.25, 0.3) is 0 Å². The number of phenolic OH excluding ortho intramolecular Hbond substituents is 2. The second kappa shape index (κ2) is 7.68. The molecule has 1 aromatic rings. The van der Waals surface area contributed by atoms with Crippen LogP contribution in [-0.2, 0) is 19.1 Å². The maximum absolute atomic E-state index is 12.7. The molecule has 30 heavy (non-hydrogen) atoms. The number of ether oxygens (including phenoxy) is 2. The fourth-order valence-corrected chi connectivity index (χ4v) is 3.46. The molecule has 9 heteroatoms. The molecule has 1 heterocycles. The molecule has 158 valence electrons. The molecule has 1 aliphatic carbocycles. The zero-order valence-corrected chi connectivity index (χ0v) is 16.2. The minimum Gasteiger partial charge on any atom is -0.508 e. The summed E-state index contributed by atoms with van der Waals surface area (Å²) in [5.41, 5.74) is -1.52. The maximum atomic E-state index is 12.7. The summed E-state index contributed by atoms with van der Waals surface area (Å²) in [5, 5.41) is 39.0. The van der Waals surface area contributed by atoms with E-state index in [0.29, 0.717) is 5.57 Å². The highest BCUT2D eigenvalue weighted by molar-refractivity contribution is 6.03. The standard InChI is InChI=1S/C21H20O9/c1-10-5-12(22)8-15(23)18(10)20(28)30-21(2)16(24)7-11-6-13(3-4-17(25)26)29-9-14(11)19(21)27/h3-8,14,19,22-23,27H,9H2,1-2H3,(H,25,26)/b4-3+/t14-,19+,21-/m1/s1. The molecule has 9 nitrogen and oxygen atoms in total. The number of fused-ring (bicyclic) bond motifs is 1. The van der Waals surface area contributed by atoms with Gasteiger partial charge in [-0.15, -0.1) is 0 Å². The van der Waals surface area contributed by atoms with Gasteiger partial charge in [-0.2, -0.15) is 0 Å². The number of carbonyl (C=O) groups excluding carboxylic acids is 2. The lowest BCUT2D eigenvalue weighted by Gasteiger charge is -2.41. The van der Waals surface area contributed by atoms with Crippen LogP contribution in [0, 0.1) is 12.8 Å². The van der Waals surface area contributed by atoms with Gasteiger partial charge >= 0.3 is 11.9 Å². The molecule has 0 saturated heterocycles. The average Bonchev–Trinajstić information content (AvgIpc) is 2.64. The first-order valence-corrected chi connectivity index (χ1v) is 8.98. The van der Waals surface area contributed by atoms with E-state index in [1.165, 1.54) is 38.1 Å². The number of carboxylic acid groups (broad SMARTS) is 1. The zero-order chi connectivity index (χ0) is 22.2. The number of allylic oxidation sites excluding steroid dienone is 2. The van der Waals surface area contributed by atoms with Crippen LogP contribution >= 0.6 is 0 Å². The Bertz CT molecular complexity index is 994. The second-order valence-corrected chi connectivity index (χ2v) is 7.24. The van der Waals surface area contributed by atoms with Crippen LogP contribution in [0.1, 0.15) is 22.8 Å². The molecule has 1 aromatic carbocycles. The highest BCUT2D eigenvalue weighted by Gasteiger charge is 2.52. The Morgan fingerprint density at radius 3 is 2.60 bits per heavy atom. The third-order valence-corrected chi connectivity index (χ3v) is 5.10. The predicted molar refractivity (Wildman–Crippen MR) is 102 cm³/mol. The van der Waals surface area contributed by atoms with Crippen molar-refractivity contribution in [2.75, 3.05) is 6.61 Å². The van der Waals surface area contributed by atoms with Gasteiger partial charge in [0.15, 0.2) is 5.60 Å². The second-order valence-electron chi connectivity index (χ2n) is 7.24. The number of aliphatic carboxylic acids is 1. The van der Waals surface area contributed by atoms with Crippen LogP contribution in [0.2, 0.25) is 0 Å². The molecule has 0 fully saturated rings. The molecule has 0 aromatic heterocycles. The first-order chi connectivity index (χ1) is 14.0. The molecule has 3 rings (SSSR count). The minimum atomic E-state index is -1.94. The van der Waals surface area contributed by atoms with E-state index in [0.717, 1.165) is 12.1 Å². The number of benzene rings is 1. The van der Waals surface area contributed by atoms with Crippen LogP contribution in [0.15, 0.2) is 47.8 Å². The third-order valence-electron chi connectivity index (χ3n) is 5.10. The Hall–Kier alpha value is -3.59. The molecule has 3 atom stereocenters. The third kappa shape index (κ3) is 3.79. The molecule has 0 unspecified atom stereocenters. The van der Waals surface area contributed by atoms with Crippen molar-refractivity contribution in [1.29, 1.82) is 0 Å². The summed E-state index contributed by atoms with van der Waals surface area (Å²) in [4.78, 5) is 36.1. The molecular weight excluding hydrogens is 396 g/mol. The number of hydrogen-bond donors (Lipinski definition) is 4. The normalized spacial score (nSPS) is 25.8. The van der Waals surface area contributed by atoms with E-state index < -0.39 is 41.1 Å². The molecular formula is C21H20O9. The number of aromatic hydroxyl groups is 2. The number of esters is 1. The predicted octanol–water partition coefficient (Wildman–Crippen LogP) is 1.36. The Labute approximate surface area is 171 Å². The first kappa shape index (κ1) is 21.1. The van der Waals surface area contributed by atoms with Gasteiger partial charge in [0.2, 0.25) is 5.78 Å². The molecule has 4 N–H and O–H groups in total. The van der Waals surface area contributed by atoms with Crippen molar-refractivity contribution in [1.82, 2.24) is 0 Å². The molecule has 1 aliphatic heterocycles. The number of carboxylic acids is 1. The summed E-state index contributed by atoms with van der Waals surface area (Å²) >= 11 is 0. The monoisotopic (exact) mass is 416 g/mol. The summed E-state index contributed by atoms with van der Waals surface area (Å²) < 4.78 is 10.8. The Morgan fingerprint density at radius 1 is 1.27 bits per heavy atom. The van der Waals surface area contributed by atoms with Crippen molar-refractivity contribution in [2.45, 2.75) is 25.6 Å². The van der Waals surface area contributed by atoms with Gasteiger partial charge in [0.1, 0.15) is 28.9 Å². The summed E-state index contributed by atoms with van der Waals surface area (Å²) in [6.07, 6.45) is 3.30. The Kier molecular flexibility index (Phi) is 5.41. The molecule has 0 spiro atoms. The fourth-order valence-electron chi connectivity index (χ4n) is 3.46. The summed E-state index contributed by atoms with van der Waals surface area (Å²) in [6.45, 7) is 2.68. The number of aliphatic hydroxyl groups excluding tert-OH is 1. The van der Waals surface area contributed by atoms with Gasteiger partial charge in [-0.1, -0.05) is 0 Å². The lowest BCUT2D eigenvalue weighted by Crippen LogP contribution is -2.57. The highest BCUT2D eigenvalue weighted by atomic mass is 16.6. The quantitative estimate of drug-likeness (QED) is 0.421. The number of ketones is 1. The van der Waals surface area contributed by atoms with E-state index in [4.69, 9.17) is 14.6 Å². The zero-order valence-electron chi connectivity index (χ0n) is 16.2. The smallest absolute Gasteiger partial charge is 0.343 e. The van der Waals surface area contributed by atoms with Crippen LogP contribution in [0.3, 0.4) is 0 Å². The summed E-state index contributed by atoms with van der Waals surface area (Å²) in [6, 6.07) is 2.22. The van der Waals surface area contributed by atoms with Gasteiger partial charge in [-0.25, -0.2) is 9.59 Å². The number of phenols is 2. The molecule has 0 amide bonds. The van der Waals surface area contributed by atoms with Crippen LogP contribution in [0.5, 0.6) is 11.5 Å². The lowest BCUT2D eigenvalue weighted by atomic mass is 9.74. The first-order valence-electron chi connectivity index (χ1n) is 8.98. The van der Waals surface area contributed by atoms with E-state index in [-0.39, 0.29) is 29.2 Å². The topological polar surface area (TPSA) is 151 Å². The van der Waals surface area contributed by atoms with Crippen molar-refractivity contribution < 1.29 is 44.3 Å². The van der Waals surface area contributed by atoms with Gasteiger partial charge in [0, 0.05) is 18.1 Å². The number of aliphatic hydroxyl groups is 1. The fraction of sp³-hybridized carbons (Fsp3) is 0.286. The summed E-state index contributed by atoms with van der Waals surface area (Å²) in [7, 11) is 0. The van der Waals surface area contributed by atoms with Crippen molar-refractivity contribution >= 4 is 17.7 Å². The largest absolute Gasteiger partial charge is 0.508 e. The molecule has 0 saturated carbocycles. The van der Waals surface area contributed by atoms with Crippen molar-refractivity contribution in [2.24, 2.45) is 5.92 Å². The average molecular weight is 416 g/mol. The van der Waals surface area contributed by atoms with E-state index in [1.807, 2.05) is 0 Å². The van der Waals surface area contributed by atoms with Crippen LogP contribution in [0.4, 0.5) is 0 Å². The number of aryl methyl sites for hydroxylation is 1. The lowest BCUT2D eigenvalue weighted by molar-refractivity contribution is -0.152. The van der Waals surface area contributed by atoms with Gasteiger partial charge < -0.3 is 29.9 Å². The van der Waals surface area contributed by atoms with E-state index in [9.17, 15) is 29.7 Å². The van der Waals surface area contributed by atoms with Crippen LogP contribution < -0.4 is 0 Å². The minimum absolute atomic E-state index is 0.0628. The van der Waals surface area contributed by atoms with E-state index >= 15 is 0 Å². The molecule has 0 radical (unpaired) electrons. The van der Waals surface area contributed by atoms with E-state index in [2.05, 4.69) is 0 Å². The number of carbonyl (C=O) groups is 3. The SMILES string of the molecule is Cc1cc(O)cc(O)c1C(=O)O[C@]1(C)C(=O)C=C2C=C(/C=C/C(=O)O)OC[C@H]2[C@@H]1O. The van der Waals surface area contributed by atoms with Gasteiger partial charge in [0.05, 0.1) is 6.61 Å². The van der Waals surface area contributed by atoms with Crippen LogP contribution in [-0.4, -0.2) is 56.5 Å². The van der Waals surface area contributed by atoms with Crippen molar-refractivity contribution in [3.8, 4) is 11.5 Å². The molecule has 2 aliphatic rings. The van der Waals surface area contributed by atoms with Crippen molar-refractivity contribution in [3.05, 3.63) is 58.9 Å².